The van der Waals surface area contributed by atoms with E-state index in [-0.39, 0.29) is 17.6 Å². The van der Waals surface area contributed by atoms with Gasteiger partial charge in [-0.3, -0.25) is 9.48 Å². The Morgan fingerprint density at radius 2 is 2.28 bits per heavy atom. The fourth-order valence-corrected chi connectivity index (χ4v) is 5.00. The fourth-order valence-electron chi connectivity index (χ4n) is 3.62. The molecule has 5 nitrogen and oxygen atoms in total. The Balaban J connectivity index is 1.36. The van der Waals surface area contributed by atoms with Crippen molar-refractivity contribution in [2.45, 2.75) is 37.5 Å². The number of amides is 1. The Kier molecular flexibility index (Phi) is 4.81. The van der Waals surface area contributed by atoms with Crippen LogP contribution in [0.3, 0.4) is 0 Å². The predicted octanol–water partition coefficient (Wildman–Crippen LogP) is 2.72. The molecule has 2 aromatic rings. The molecule has 0 bridgehead atoms. The van der Waals surface area contributed by atoms with Crippen LogP contribution in [-0.2, 0) is 11.3 Å². The number of carbonyl (C=O) groups excluding carboxylic acids is 1. The molecule has 0 unspecified atom stereocenters. The van der Waals surface area contributed by atoms with Gasteiger partial charge in [0.25, 0.3) is 5.91 Å². The lowest BCUT2D eigenvalue weighted by molar-refractivity contribution is -0.0688. The van der Waals surface area contributed by atoms with Crippen LogP contribution in [0.5, 0.6) is 0 Å². The summed E-state index contributed by atoms with van der Waals surface area (Å²) in [5.41, 5.74) is 1.78. The van der Waals surface area contributed by atoms with E-state index < -0.39 is 0 Å². The summed E-state index contributed by atoms with van der Waals surface area (Å²) in [6, 6.07) is 10.3. The first-order valence-electron chi connectivity index (χ1n) is 8.81. The zero-order valence-electron chi connectivity index (χ0n) is 14.2. The molecular weight excluding hydrogens is 334 g/mol. The Hall–Kier alpha value is -1.79. The number of benzene rings is 1. The molecule has 2 aliphatic heterocycles. The first-order valence-corrected chi connectivity index (χ1v) is 9.97. The van der Waals surface area contributed by atoms with Crippen LogP contribution in [0.4, 0.5) is 0 Å². The summed E-state index contributed by atoms with van der Waals surface area (Å²) in [7, 11) is 0. The van der Waals surface area contributed by atoms with Crippen LogP contribution >= 0.6 is 11.8 Å². The van der Waals surface area contributed by atoms with Crippen molar-refractivity contribution in [3.63, 3.8) is 0 Å². The van der Waals surface area contributed by atoms with Gasteiger partial charge in [0.05, 0.1) is 23.9 Å². The number of ether oxygens (including phenoxy) is 1. The molecule has 25 heavy (non-hydrogen) atoms. The first kappa shape index (κ1) is 16.7. The van der Waals surface area contributed by atoms with Crippen LogP contribution in [0.15, 0.2) is 42.7 Å². The van der Waals surface area contributed by atoms with Crippen molar-refractivity contribution < 1.29 is 9.53 Å². The van der Waals surface area contributed by atoms with Crippen molar-refractivity contribution in [1.82, 2.24) is 15.1 Å². The standard InChI is InChI=1S/C19H23N3O2S/c23-18(21-17-6-8-24-19(10-17)7-9-25-14-19)16-11-20-22(13-16)12-15-4-2-1-3-5-15/h1-5,11,13,17H,6-10,12,14H2,(H,21,23)/t17-,19+/m0/s1. The quantitative estimate of drug-likeness (QED) is 0.914. The summed E-state index contributed by atoms with van der Waals surface area (Å²) in [5, 5.41) is 7.51. The van der Waals surface area contributed by atoms with E-state index in [0.29, 0.717) is 12.1 Å². The highest BCUT2D eigenvalue weighted by atomic mass is 32.2. The third-order valence-electron chi connectivity index (χ3n) is 4.98. The van der Waals surface area contributed by atoms with Crippen molar-refractivity contribution in [2.24, 2.45) is 0 Å². The molecule has 0 aliphatic carbocycles. The molecule has 4 rings (SSSR count). The lowest BCUT2D eigenvalue weighted by Gasteiger charge is -2.37. The number of aromatic nitrogens is 2. The molecule has 2 aliphatic rings. The molecule has 1 aromatic heterocycles. The van der Waals surface area contributed by atoms with E-state index in [9.17, 15) is 4.79 Å². The van der Waals surface area contributed by atoms with Gasteiger partial charge in [0.2, 0.25) is 0 Å². The minimum atomic E-state index is -0.0352. The van der Waals surface area contributed by atoms with Crippen LogP contribution in [-0.4, -0.2) is 45.4 Å². The molecule has 3 heterocycles. The highest BCUT2D eigenvalue weighted by Gasteiger charge is 2.40. The van der Waals surface area contributed by atoms with E-state index in [2.05, 4.69) is 22.5 Å². The lowest BCUT2D eigenvalue weighted by Crippen LogP contribution is -2.48. The normalized spacial score (nSPS) is 26.0. The van der Waals surface area contributed by atoms with Crippen molar-refractivity contribution in [3.05, 3.63) is 53.9 Å². The van der Waals surface area contributed by atoms with Gasteiger partial charge in [-0.15, -0.1) is 0 Å². The topological polar surface area (TPSA) is 56.1 Å². The number of thioether (sulfide) groups is 1. The van der Waals surface area contributed by atoms with Gasteiger partial charge >= 0.3 is 0 Å². The SMILES string of the molecule is O=C(N[C@H]1CCO[C@]2(CCSC2)C1)c1cnn(Cc2ccccc2)c1. The maximum absolute atomic E-state index is 12.6. The molecule has 1 N–H and O–H groups in total. The number of carbonyl (C=O) groups is 1. The van der Waals surface area contributed by atoms with Gasteiger partial charge in [-0.25, -0.2) is 0 Å². The molecule has 0 radical (unpaired) electrons. The van der Waals surface area contributed by atoms with Crippen LogP contribution in [0.2, 0.25) is 0 Å². The Morgan fingerprint density at radius 3 is 3.08 bits per heavy atom. The number of hydrogen-bond acceptors (Lipinski definition) is 4. The summed E-state index contributed by atoms with van der Waals surface area (Å²) in [6.07, 6.45) is 6.38. The smallest absolute Gasteiger partial charge is 0.254 e. The number of rotatable bonds is 4. The molecule has 2 fully saturated rings. The third kappa shape index (κ3) is 3.90. The number of hydrogen-bond donors (Lipinski definition) is 1. The molecule has 132 valence electrons. The molecule has 1 aromatic carbocycles. The zero-order valence-corrected chi connectivity index (χ0v) is 15.0. The molecule has 6 heteroatoms. The number of nitrogens with zero attached hydrogens (tertiary/aromatic N) is 2. The zero-order chi connectivity index (χ0) is 17.1. The average molecular weight is 357 g/mol. The third-order valence-corrected chi connectivity index (χ3v) is 6.20. The second kappa shape index (κ2) is 7.22. The van der Waals surface area contributed by atoms with Gasteiger partial charge in [-0.1, -0.05) is 30.3 Å². The monoisotopic (exact) mass is 357 g/mol. The Morgan fingerprint density at radius 1 is 1.40 bits per heavy atom. The van der Waals surface area contributed by atoms with Crippen molar-refractivity contribution in [2.75, 3.05) is 18.1 Å². The van der Waals surface area contributed by atoms with Gasteiger partial charge in [0, 0.05) is 24.6 Å². The van der Waals surface area contributed by atoms with Crippen LogP contribution in [0.25, 0.3) is 0 Å². The summed E-state index contributed by atoms with van der Waals surface area (Å²) >= 11 is 1.95. The Labute approximate surface area is 152 Å². The molecule has 2 saturated heterocycles. The van der Waals surface area contributed by atoms with Crippen molar-refractivity contribution >= 4 is 17.7 Å². The van der Waals surface area contributed by atoms with Crippen LogP contribution in [0, 0.1) is 0 Å². The second-order valence-corrected chi connectivity index (χ2v) is 8.01. The molecule has 1 amide bonds. The highest BCUT2D eigenvalue weighted by molar-refractivity contribution is 7.99. The minimum Gasteiger partial charge on any atom is -0.374 e. The largest absolute Gasteiger partial charge is 0.374 e. The second-order valence-electron chi connectivity index (χ2n) is 6.91. The maximum atomic E-state index is 12.6. The molecule has 2 atom stereocenters. The van der Waals surface area contributed by atoms with E-state index in [1.54, 1.807) is 6.20 Å². The molecular formula is C19H23N3O2S. The summed E-state index contributed by atoms with van der Waals surface area (Å²) < 4.78 is 7.83. The van der Waals surface area contributed by atoms with Gasteiger partial charge in [-0.05, 0) is 30.6 Å². The number of nitrogens with one attached hydrogen (secondary N) is 1. The van der Waals surface area contributed by atoms with E-state index in [4.69, 9.17) is 4.74 Å². The summed E-state index contributed by atoms with van der Waals surface area (Å²) in [5.74, 6) is 2.17. The van der Waals surface area contributed by atoms with Crippen molar-refractivity contribution in [3.8, 4) is 0 Å². The van der Waals surface area contributed by atoms with Crippen molar-refractivity contribution in [1.29, 1.82) is 0 Å². The van der Waals surface area contributed by atoms with E-state index in [1.165, 1.54) is 5.56 Å². The lowest BCUT2D eigenvalue weighted by atomic mass is 9.90. The minimum absolute atomic E-state index is 0.0155. The average Bonchev–Trinajstić information content (AvgIpc) is 3.26. The van der Waals surface area contributed by atoms with Gasteiger partial charge in [0.15, 0.2) is 0 Å². The predicted molar refractivity (Wildman–Crippen MR) is 98.9 cm³/mol. The van der Waals surface area contributed by atoms with Gasteiger partial charge in [0.1, 0.15) is 0 Å². The first-order chi connectivity index (χ1) is 12.2. The fraction of sp³-hybridized carbons (Fsp3) is 0.474. The van der Waals surface area contributed by atoms with Gasteiger partial charge in [-0.2, -0.15) is 16.9 Å². The summed E-state index contributed by atoms with van der Waals surface area (Å²) in [6.45, 7) is 1.41. The summed E-state index contributed by atoms with van der Waals surface area (Å²) in [4.78, 5) is 12.6. The van der Waals surface area contributed by atoms with E-state index in [0.717, 1.165) is 37.4 Å². The Bertz CT molecular complexity index is 725. The van der Waals surface area contributed by atoms with Crippen LogP contribution in [0.1, 0.15) is 35.2 Å². The maximum Gasteiger partial charge on any atom is 0.254 e. The van der Waals surface area contributed by atoms with Crippen LogP contribution < -0.4 is 5.32 Å². The highest BCUT2D eigenvalue weighted by Crippen LogP contribution is 2.38. The van der Waals surface area contributed by atoms with E-state index >= 15 is 0 Å². The van der Waals surface area contributed by atoms with Gasteiger partial charge < -0.3 is 10.1 Å². The molecule has 0 saturated carbocycles. The van der Waals surface area contributed by atoms with E-state index in [1.807, 2.05) is 40.8 Å². The molecule has 1 spiro atoms.